The molecule has 3 heteroatoms. The van der Waals surface area contributed by atoms with Crippen LogP contribution in [0.5, 0.6) is 0 Å². The van der Waals surface area contributed by atoms with E-state index >= 15 is 0 Å². The largest absolute Gasteiger partial charge is 0.311 e. The van der Waals surface area contributed by atoms with Crippen LogP contribution in [-0.2, 0) is 6.54 Å². The van der Waals surface area contributed by atoms with Gasteiger partial charge in [0.25, 0.3) is 0 Å². The van der Waals surface area contributed by atoms with E-state index in [0.29, 0.717) is 0 Å². The molecule has 0 aliphatic carbocycles. The smallest absolute Gasteiger partial charge is 0.125 e. The van der Waals surface area contributed by atoms with Gasteiger partial charge in [0.2, 0.25) is 0 Å². The molecule has 0 radical (unpaired) electrons. The molecule has 1 aromatic heterocycles. The fourth-order valence-corrected chi connectivity index (χ4v) is 1.85. The van der Waals surface area contributed by atoms with Gasteiger partial charge in [0.05, 0.1) is 5.69 Å². The van der Waals surface area contributed by atoms with E-state index in [4.69, 9.17) is 0 Å². The maximum absolute atomic E-state index is 4.36. The second-order valence-electron chi connectivity index (χ2n) is 4.54. The zero-order valence-corrected chi connectivity index (χ0v) is 11.2. The van der Waals surface area contributed by atoms with Crippen LogP contribution in [0.3, 0.4) is 0 Å². The molecule has 1 N–H and O–H groups in total. The van der Waals surface area contributed by atoms with Crippen molar-refractivity contribution in [3.63, 3.8) is 0 Å². The summed E-state index contributed by atoms with van der Waals surface area (Å²) < 4.78 is 0. The Kier molecular flexibility index (Phi) is 7.56. The van der Waals surface area contributed by atoms with Crippen LogP contribution < -0.4 is 5.32 Å². The number of unbranched alkanes of at least 4 members (excludes halogenated alkanes) is 5. The highest BCUT2D eigenvalue weighted by molar-refractivity contribution is 5.00. The van der Waals surface area contributed by atoms with Crippen LogP contribution in [0.1, 0.15) is 57.0 Å². The second-order valence-corrected chi connectivity index (χ2v) is 4.54. The first kappa shape index (κ1) is 14.1. The van der Waals surface area contributed by atoms with Crippen molar-refractivity contribution in [1.29, 1.82) is 0 Å². The Morgan fingerprint density at radius 3 is 2.65 bits per heavy atom. The van der Waals surface area contributed by atoms with E-state index in [1.807, 2.05) is 19.2 Å². The topological polar surface area (TPSA) is 37.8 Å². The quantitative estimate of drug-likeness (QED) is 0.668. The van der Waals surface area contributed by atoms with Gasteiger partial charge in [-0.1, -0.05) is 39.0 Å². The molecule has 17 heavy (non-hydrogen) atoms. The standard InChI is InChI=1S/C14H25N3/c1-3-4-5-6-7-8-10-15-12-14-9-11-16-13(2)17-14/h9,11,15H,3-8,10,12H2,1-2H3. The van der Waals surface area contributed by atoms with Gasteiger partial charge in [-0.3, -0.25) is 0 Å². The number of hydrogen-bond acceptors (Lipinski definition) is 3. The molecule has 0 aromatic carbocycles. The molecular weight excluding hydrogens is 210 g/mol. The average Bonchev–Trinajstić information content (AvgIpc) is 2.33. The van der Waals surface area contributed by atoms with Gasteiger partial charge in [0.15, 0.2) is 0 Å². The number of rotatable bonds is 9. The van der Waals surface area contributed by atoms with Crippen molar-refractivity contribution in [2.75, 3.05) is 6.54 Å². The minimum Gasteiger partial charge on any atom is -0.311 e. The number of aromatic nitrogens is 2. The van der Waals surface area contributed by atoms with Gasteiger partial charge in [-0.2, -0.15) is 0 Å². The SMILES string of the molecule is CCCCCCCCNCc1ccnc(C)n1. The summed E-state index contributed by atoms with van der Waals surface area (Å²) in [5.74, 6) is 0.851. The van der Waals surface area contributed by atoms with Crippen LogP contribution in [0.15, 0.2) is 12.3 Å². The highest BCUT2D eigenvalue weighted by Gasteiger charge is 1.95. The molecule has 3 nitrogen and oxygen atoms in total. The maximum Gasteiger partial charge on any atom is 0.125 e. The summed E-state index contributed by atoms with van der Waals surface area (Å²) in [6, 6.07) is 1.97. The molecule has 0 aliphatic rings. The molecule has 0 fully saturated rings. The van der Waals surface area contributed by atoms with Crippen LogP contribution in [0.4, 0.5) is 0 Å². The molecule has 0 bridgehead atoms. The predicted octanol–water partition coefficient (Wildman–Crippen LogP) is 3.24. The van der Waals surface area contributed by atoms with Gasteiger partial charge in [0.1, 0.15) is 5.82 Å². The minimum atomic E-state index is 0.851. The summed E-state index contributed by atoms with van der Waals surface area (Å²) in [5.41, 5.74) is 1.09. The molecule has 0 amide bonds. The molecule has 1 rings (SSSR count). The van der Waals surface area contributed by atoms with Gasteiger partial charge in [-0.25, -0.2) is 9.97 Å². The number of aryl methyl sites for hydroxylation is 1. The first-order valence-corrected chi connectivity index (χ1v) is 6.82. The molecule has 0 aliphatic heterocycles. The van der Waals surface area contributed by atoms with Crippen LogP contribution >= 0.6 is 0 Å². The van der Waals surface area contributed by atoms with Gasteiger partial charge in [0, 0.05) is 12.7 Å². The summed E-state index contributed by atoms with van der Waals surface area (Å²) in [6.45, 7) is 6.13. The number of nitrogens with one attached hydrogen (secondary N) is 1. The Morgan fingerprint density at radius 1 is 1.12 bits per heavy atom. The van der Waals surface area contributed by atoms with Crippen molar-refractivity contribution in [3.05, 3.63) is 23.8 Å². The zero-order chi connectivity index (χ0) is 12.3. The third-order valence-corrected chi connectivity index (χ3v) is 2.85. The molecule has 0 atom stereocenters. The van der Waals surface area contributed by atoms with Gasteiger partial charge < -0.3 is 5.32 Å². The second kappa shape index (κ2) is 9.11. The van der Waals surface area contributed by atoms with Gasteiger partial charge in [-0.05, 0) is 26.0 Å². The van der Waals surface area contributed by atoms with E-state index in [2.05, 4.69) is 22.2 Å². The summed E-state index contributed by atoms with van der Waals surface area (Å²) in [6.07, 6.45) is 9.91. The Hall–Kier alpha value is -0.960. The van der Waals surface area contributed by atoms with Crippen LogP contribution in [0.25, 0.3) is 0 Å². The molecular formula is C14H25N3. The van der Waals surface area contributed by atoms with Crippen molar-refractivity contribution in [2.45, 2.75) is 58.9 Å². The number of hydrogen-bond donors (Lipinski definition) is 1. The Morgan fingerprint density at radius 2 is 1.88 bits per heavy atom. The fourth-order valence-electron chi connectivity index (χ4n) is 1.85. The average molecular weight is 235 g/mol. The minimum absolute atomic E-state index is 0.851. The molecule has 1 aromatic rings. The highest BCUT2D eigenvalue weighted by Crippen LogP contribution is 2.04. The zero-order valence-electron chi connectivity index (χ0n) is 11.2. The molecule has 1 heterocycles. The van der Waals surface area contributed by atoms with E-state index < -0.39 is 0 Å². The lowest BCUT2D eigenvalue weighted by atomic mass is 10.1. The summed E-state index contributed by atoms with van der Waals surface area (Å²) >= 11 is 0. The van der Waals surface area contributed by atoms with E-state index in [1.165, 1.54) is 38.5 Å². The molecule has 96 valence electrons. The molecule has 0 saturated carbocycles. The predicted molar refractivity (Wildman–Crippen MR) is 71.9 cm³/mol. The fraction of sp³-hybridized carbons (Fsp3) is 0.714. The van der Waals surface area contributed by atoms with E-state index in [9.17, 15) is 0 Å². The Labute approximate surface area is 105 Å². The van der Waals surface area contributed by atoms with Crippen LogP contribution in [-0.4, -0.2) is 16.5 Å². The first-order chi connectivity index (χ1) is 8.33. The van der Waals surface area contributed by atoms with Crippen molar-refractivity contribution < 1.29 is 0 Å². The monoisotopic (exact) mass is 235 g/mol. The highest BCUT2D eigenvalue weighted by atomic mass is 14.9. The lowest BCUT2D eigenvalue weighted by Gasteiger charge is -2.04. The summed E-state index contributed by atoms with van der Waals surface area (Å²) in [4.78, 5) is 8.45. The third-order valence-electron chi connectivity index (χ3n) is 2.85. The van der Waals surface area contributed by atoms with E-state index in [1.54, 1.807) is 0 Å². The van der Waals surface area contributed by atoms with Crippen LogP contribution in [0.2, 0.25) is 0 Å². The molecule has 0 unspecified atom stereocenters. The van der Waals surface area contributed by atoms with Crippen molar-refractivity contribution in [2.24, 2.45) is 0 Å². The molecule has 0 spiro atoms. The Bertz CT molecular complexity index is 299. The first-order valence-electron chi connectivity index (χ1n) is 6.82. The van der Waals surface area contributed by atoms with Crippen molar-refractivity contribution in [1.82, 2.24) is 15.3 Å². The van der Waals surface area contributed by atoms with Crippen molar-refractivity contribution >= 4 is 0 Å². The van der Waals surface area contributed by atoms with Gasteiger partial charge in [-0.15, -0.1) is 0 Å². The van der Waals surface area contributed by atoms with Gasteiger partial charge >= 0.3 is 0 Å². The van der Waals surface area contributed by atoms with Crippen molar-refractivity contribution in [3.8, 4) is 0 Å². The lowest BCUT2D eigenvalue weighted by Crippen LogP contribution is -2.15. The Balaban J connectivity index is 1.97. The van der Waals surface area contributed by atoms with E-state index in [-0.39, 0.29) is 0 Å². The third kappa shape index (κ3) is 7.05. The molecule has 0 saturated heterocycles. The summed E-state index contributed by atoms with van der Waals surface area (Å²) in [5, 5.41) is 3.43. The summed E-state index contributed by atoms with van der Waals surface area (Å²) in [7, 11) is 0. The maximum atomic E-state index is 4.36. The van der Waals surface area contributed by atoms with Crippen LogP contribution in [0, 0.1) is 6.92 Å². The van der Waals surface area contributed by atoms with E-state index in [0.717, 1.165) is 24.6 Å². The number of nitrogens with zero attached hydrogens (tertiary/aromatic N) is 2. The lowest BCUT2D eigenvalue weighted by molar-refractivity contribution is 0.568. The normalized spacial score (nSPS) is 10.7.